The van der Waals surface area contributed by atoms with Gasteiger partial charge in [0.25, 0.3) is 0 Å². The second-order valence-corrected chi connectivity index (χ2v) is 22.8. The van der Waals surface area contributed by atoms with E-state index < -0.39 is 86.0 Å². The van der Waals surface area contributed by atoms with Crippen LogP contribution in [0, 0.1) is 11.8 Å². The van der Waals surface area contributed by atoms with Gasteiger partial charge in [0, 0.05) is 38.5 Å². The van der Waals surface area contributed by atoms with E-state index in [1.54, 1.807) is 19.6 Å². The molecule has 26 nitrogen and oxygen atoms in total. The number of carbonyl (C=O) groups is 6. The van der Waals surface area contributed by atoms with Crippen molar-refractivity contribution in [2.24, 2.45) is 17.6 Å². The minimum absolute atomic E-state index is 0.0117. The highest BCUT2D eigenvalue weighted by molar-refractivity contribution is 7.51. The monoisotopic (exact) mass is 1210 g/mol. The number of aliphatic hydroxyl groups is 1. The first-order chi connectivity index (χ1) is 40.4. The molecule has 2 heterocycles. The number of aryl methyl sites for hydroxylation is 2. The molecule has 1 saturated heterocycles. The van der Waals surface area contributed by atoms with Gasteiger partial charge in [-0.15, -0.1) is 0 Å². The number of nitrogens with one attached hydrogen (secondary N) is 4. The lowest BCUT2D eigenvalue weighted by molar-refractivity contribution is -0.140. The normalized spacial score (nSPS) is 15.3. The third kappa shape index (κ3) is 32.0. The Labute approximate surface area is 495 Å². The number of benzene rings is 1. The van der Waals surface area contributed by atoms with Gasteiger partial charge in [0.2, 0.25) is 35.4 Å². The molecule has 0 aliphatic carbocycles. The summed E-state index contributed by atoms with van der Waals surface area (Å²) in [5, 5.41) is 20.7. The van der Waals surface area contributed by atoms with E-state index in [-0.39, 0.29) is 50.9 Å². The molecule has 6 amide bonds. The molecule has 1 aliphatic heterocycles. The van der Waals surface area contributed by atoms with Crippen LogP contribution in [0.15, 0.2) is 42.9 Å². The van der Waals surface area contributed by atoms with Gasteiger partial charge in [0.05, 0.1) is 125 Å². The van der Waals surface area contributed by atoms with Gasteiger partial charge in [-0.3, -0.25) is 33.3 Å². The highest BCUT2D eigenvalue weighted by Gasteiger charge is 2.38. The van der Waals surface area contributed by atoms with Crippen LogP contribution in [0.3, 0.4) is 0 Å². The number of aromatic nitrogens is 2. The van der Waals surface area contributed by atoms with Crippen LogP contribution in [0.1, 0.15) is 96.2 Å². The quantitative estimate of drug-likeness (QED) is 0.0343. The molecule has 2 aromatic rings. The average molecular weight is 1210 g/mol. The van der Waals surface area contributed by atoms with Gasteiger partial charge < -0.3 is 89.3 Å². The molecular formula is C57H97N8O18P. The summed E-state index contributed by atoms with van der Waals surface area (Å²) in [7, 11) is -3.02. The fraction of sp³-hybridized carbons (Fsp3) is 0.737. The number of amides is 6. The fourth-order valence-corrected chi connectivity index (χ4v) is 10.2. The first kappa shape index (κ1) is 73.3. The van der Waals surface area contributed by atoms with E-state index in [4.69, 9.17) is 43.6 Å². The lowest BCUT2D eigenvalue weighted by Crippen LogP contribution is -2.60. The topological polar surface area (TPSA) is 349 Å². The van der Waals surface area contributed by atoms with Crippen LogP contribution >= 0.6 is 7.60 Å². The van der Waals surface area contributed by atoms with Crippen molar-refractivity contribution in [2.45, 2.75) is 135 Å². The van der Waals surface area contributed by atoms with Crippen LogP contribution in [-0.2, 0) is 90.6 Å². The van der Waals surface area contributed by atoms with E-state index in [2.05, 4.69) is 38.4 Å². The molecule has 1 unspecified atom stereocenters. The lowest BCUT2D eigenvalue weighted by Gasteiger charge is -2.29. The molecule has 0 radical (unpaired) electrons. The predicted octanol–water partition coefficient (Wildman–Crippen LogP) is 1.43. The van der Waals surface area contributed by atoms with Crippen LogP contribution in [0.2, 0.25) is 0 Å². The second-order valence-electron chi connectivity index (χ2n) is 21.1. The molecule has 478 valence electrons. The molecule has 1 aromatic carbocycles. The number of imidazole rings is 1. The molecule has 0 saturated carbocycles. The molecule has 6 atom stereocenters. The Hall–Kier alpha value is -4.96. The molecule has 1 aromatic heterocycles. The molecule has 1 fully saturated rings. The Bertz CT molecular complexity index is 2210. The summed E-state index contributed by atoms with van der Waals surface area (Å²) in [6, 6.07) is 3.65. The van der Waals surface area contributed by atoms with Crippen molar-refractivity contribution in [3.63, 3.8) is 0 Å². The summed E-state index contributed by atoms with van der Waals surface area (Å²) in [5.74, 6) is -5.90. The number of hydrogen-bond donors (Lipinski definition) is 8. The Kier molecular flexibility index (Phi) is 38.1. The van der Waals surface area contributed by atoms with E-state index >= 15 is 0 Å². The number of carbonyl (C=O) groups excluding carboxylic acids is 6. The third-order valence-corrected chi connectivity index (χ3v) is 14.7. The highest BCUT2D eigenvalue weighted by atomic mass is 31.2. The van der Waals surface area contributed by atoms with Crippen LogP contribution in [0.25, 0.3) is 0 Å². The maximum atomic E-state index is 14.4. The highest BCUT2D eigenvalue weighted by Crippen LogP contribution is 2.37. The number of nitrogens with two attached hydrogens (primary N) is 1. The van der Waals surface area contributed by atoms with Crippen molar-refractivity contribution >= 4 is 43.0 Å². The summed E-state index contributed by atoms with van der Waals surface area (Å²) in [5.41, 5.74) is 7.38. The minimum atomic E-state index is -4.64. The number of hydrogen-bond acceptors (Lipinski definition) is 17. The summed E-state index contributed by atoms with van der Waals surface area (Å²) in [4.78, 5) is 107. The number of aliphatic hydroxyl groups excluding tert-OH is 1. The van der Waals surface area contributed by atoms with Crippen molar-refractivity contribution in [3.8, 4) is 0 Å². The summed E-state index contributed by atoms with van der Waals surface area (Å²) in [6.07, 6.45) is 10.4. The molecule has 0 spiro atoms. The number of methoxy groups -OCH3 is 1. The number of nitrogens with zero attached hydrogens (tertiary/aromatic N) is 3. The Balaban J connectivity index is 1.52. The summed E-state index contributed by atoms with van der Waals surface area (Å²) in [6.45, 7) is 11.0. The molecular weight excluding hydrogens is 1120 g/mol. The van der Waals surface area contributed by atoms with Gasteiger partial charge in [-0.25, -0.2) is 4.98 Å². The van der Waals surface area contributed by atoms with E-state index in [9.17, 15) is 48.2 Å². The van der Waals surface area contributed by atoms with Gasteiger partial charge >= 0.3 is 7.60 Å². The zero-order valence-corrected chi connectivity index (χ0v) is 50.7. The zero-order chi connectivity index (χ0) is 61.4. The lowest BCUT2D eigenvalue weighted by atomic mass is 10.0. The van der Waals surface area contributed by atoms with Crippen molar-refractivity contribution in [3.05, 3.63) is 54.1 Å². The van der Waals surface area contributed by atoms with Crippen LogP contribution in [0.4, 0.5) is 0 Å². The number of unbranched alkanes of at least 4 members (excludes halogenated alkanes) is 5. The minimum Gasteiger partial charge on any atom is -0.394 e. The van der Waals surface area contributed by atoms with Gasteiger partial charge in [0.15, 0.2) is 0 Å². The number of primary amides is 1. The Morgan fingerprint density at radius 1 is 0.679 bits per heavy atom. The maximum Gasteiger partial charge on any atom is 0.325 e. The third-order valence-electron chi connectivity index (χ3n) is 13.7. The summed E-state index contributed by atoms with van der Waals surface area (Å²) >= 11 is 0. The first-order valence-corrected chi connectivity index (χ1v) is 31.2. The van der Waals surface area contributed by atoms with Crippen molar-refractivity contribution < 1.29 is 86.1 Å². The van der Waals surface area contributed by atoms with E-state index in [0.717, 1.165) is 44.9 Å². The summed E-state index contributed by atoms with van der Waals surface area (Å²) < 4.78 is 57.0. The molecule has 0 bridgehead atoms. The van der Waals surface area contributed by atoms with Crippen LogP contribution in [-0.4, -0.2) is 221 Å². The smallest absolute Gasteiger partial charge is 0.325 e. The molecule has 84 heavy (non-hydrogen) atoms. The van der Waals surface area contributed by atoms with Crippen molar-refractivity contribution in [2.75, 3.05) is 126 Å². The zero-order valence-electron chi connectivity index (χ0n) is 49.8. The first-order valence-electron chi connectivity index (χ1n) is 29.5. The van der Waals surface area contributed by atoms with E-state index in [0.29, 0.717) is 111 Å². The SMILES string of the molecule is COCCOCCOCCOCCOCCOCCOCCOCCC(=O)N1CCC[C@H]1C(=O)N[C@@H](CC(C)C)C(=O)N[C@@H](Cc1cncn1CCCCCCCCc1ccccc1)C(=O)N[C@@H](CO)C(=O)NC(C(N)=O)[C@@H](C)CP(=O)(O)O. The number of ether oxygens (including phenoxy) is 8. The average Bonchev–Trinajstić information content (AvgIpc) is 4.35. The largest absolute Gasteiger partial charge is 0.394 e. The second kappa shape index (κ2) is 43.6. The van der Waals surface area contributed by atoms with Gasteiger partial charge in [-0.2, -0.15) is 0 Å². The van der Waals surface area contributed by atoms with Crippen LogP contribution in [0.5, 0.6) is 0 Å². The Morgan fingerprint density at radius 3 is 1.73 bits per heavy atom. The van der Waals surface area contributed by atoms with E-state index in [1.165, 1.54) is 17.4 Å². The number of likely N-dealkylation sites (tertiary alicyclic amines) is 1. The van der Waals surface area contributed by atoms with Gasteiger partial charge in [-0.1, -0.05) is 76.8 Å². The maximum absolute atomic E-state index is 14.4. The van der Waals surface area contributed by atoms with Gasteiger partial charge in [-0.05, 0) is 55.9 Å². The molecule has 1 aliphatic rings. The standard InChI is InChI=1S/C57H97N8O18P/c1-43(2)37-47(61-57(72)50-18-14-21-65(50)51(67)19-22-77-25-26-79-29-30-81-33-34-83-36-35-82-32-31-80-28-27-78-24-23-76-4)54(69)60-48(55(70)62-49(40-66)56(71)63-52(53(58)68)44(3)41-84(73,74)75)38-46-39-59-42-64(46)20-13-8-6-5-7-10-15-45-16-11-9-12-17-45/h9,11-12,16-17,39,42-44,47-50,52,66H,5-8,10,13-15,18-38,40-41H2,1-4H3,(H2,58,68)(H,60,69)(H,61,72)(H,62,70)(H,63,71)(H2,73,74,75)/t44-,47-,48-,49-,50-,52?/m0/s1. The van der Waals surface area contributed by atoms with Gasteiger partial charge in [0.1, 0.15) is 30.2 Å². The Morgan fingerprint density at radius 2 is 1.19 bits per heavy atom. The fourth-order valence-electron chi connectivity index (χ4n) is 9.24. The predicted molar refractivity (Wildman–Crippen MR) is 310 cm³/mol. The van der Waals surface area contributed by atoms with Crippen molar-refractivity contribution in [1.82, 2.24) is 35.7 Å². The molecule has 27 heteroatoms. The van der Waals surface area contributed by atoms with Crippen molar-refractivity contribution in [1.29, 1.82) is 0 Å². The molecule has 3 rings (SSSR count). The van der Waals surface area contributed by atoms with Crippen LogP contribution < -0.4 is 27.0 Å². The molecule has 9 N–H and O–H groups in total. The number of rotatable bonds is 50. The van der Waals surface area contributed by atoms with E-state index in [1.807, 2.05) is 36.6 Å².